The third kappa shape index (κ3) is 3.69. The molecule has 2 aromatic rings. The first kappa shape index (κ1) is 20.1. The normalized spacial score (nSPS) is 13.5. The Hall–Kier alpha value is -2.61. The summed E-state index contributed by atoms with van der Waals surface area (Å²) >= 11 is 1.27. The van der Waals surface area contributed by atoms with E-state index >= 15 is 0 Å². The van der Waals surface area contributed by atoms with Gasteiger partial charge in [-0.15, -0.1) is 10.2 Å². The number of ether oxygens (including phenoxy) is 1. The summed E-state index contributed by atoms with van der Waals surface area (Å²) < 4.78 is 6.95. The van der Waals surface area contributed by atoms with E-state index in [1.54, 1.807) is 23.7 Å². The zero-order chi connectivity index (χ0) is 20.3. The minimum atomic E-state index is -0.0976. The van der Waals surface area contributed by atoms with Crippen LogP contribution in [0.3, 0.4) is 0 Å². The number of allylic oxidation sites excluding steroid dienone is 1. The van der Waals surface area contributed by atoms with E-state index < -0.39 is 0 Å². The fourth-order valence-corrected chi connectivity index (χ4v) is 4.14. The van der Waals surface area contributed by atoms with Crippen molar-refractivity contribution >= 4 is 29.1 Å². The number of aryl methyl sites for hydroxylation is 1. The number of aromatic nitrogens is 3. The summed E-state index contributed by atoms with van der Waals surface area (Å²) in [6, 6.07) is 7.38. The Balaban J connectivity index is 2.23. The third-order valence-corrected chi connectivity index (χ3v) is 5.44. The van der Waals surface area contributed by atoms with Crippen LogP contribution in [0, 0.1) is 6.92 Å². The minimum Gasteiger partial charge on any atom is -0.497 e. The van der Waals surface area contributed by atoms with Crippen LogP contribution in [0.25, 0.3) is 5.70 Å². The fourth-order valence-electron chi connectivity index (χ4n) is 3.06. The molecule has 0 saturated heterocycles. The van der Waals surface area contributed by atoms with Gasteiger partial charge in [0.15, 0.2) is 11.6 Å². The number of hydrogen-bond donors (Lipinski definition) is 0. The lowest BCUT2D eigenvalue weighted by Crippen LogP contribution is -2.42. The lowest BCUT2D eigenvalue weighted by atomic mass is 10.1. The van der Waals surface area contributed by atoms with Crippen molar-refractivity contribution in [1.82, 2.24) is 14.9 Å². The van der Waals surface area contributed by atoms with Crippen molar-refractivity contribution in [3.05, 3.63) is 40.6 Å². The van der Waals surface area contributed by atoms with Crippen molar-refractivity contribution in [3.8, 4) is 5.75 Å². The van der Waals surface area contributed by atoms with E-state index in [1.165, 1.54) is 11.8 Å². The summed E-state index contributed by atoms with van der Waals surface area (Å²) in [5.74, 6) is 1.21. The van der Waals surface area contributed by atoms with Gasteiger partial charge in [0.1, 0.15) is 5.75 Å². The SMILES string of the molecule is CCCC(=O)C1=C(c2ccc(OC)cc2)N(C(=O)CCC)n2c(C)nnc2S1. The molecule has 1 aromatic heterocycles. The molecule has 1 amide bonds. The van der Waals surface area contributed by atoms with Crippen LogP contribution >= 0.6 is 11.8 Å². The summed E-state index contributed by atoms with van der Waals surface area (Å²) in [6.07, 6.45) is 2.20. The van der Waals surface area contributed by atoms with E-state index in [0.717, 1.165) is 12.0 Å². The molecule has 0 atom stereocenters. The predicted octanol–water partition coefficient (Wildman–Crippen LogP) is 3.70. The molecule has 7 nitrogen and oxygen atoms in total. The zero-order valence-corrected chi connectivity index (χ0v) is 17.4. The van der Waals surface area contributed by atoms with Crippen molar-refractivity contribution in [2.24, 2.45) is 0 Å². The number of carbonyl (C=O) groups excluding carboxylic acids is 2. The predicted molar refractivity (Wildman–Crippen MR) is 109 cm³/mol. The van der Waals surface area contributed by atoms with Crippen molar-refractivity contribution < 1.29 is 14.3 Å². The van der Waals surface area contributed by atoms with Gasteiger partial charge < -0.3 is 4.74 Å². The Labute approximate surface area is 168 Å². The highest BCUT2D eigenvalue weighted by Crippen LogP contribution is 2.40. The van der Waals surface area contributed by atoms with Crippen LogP contribution in [0.4, 0.5) is 0 Å². The van der Waals surface area contributed by atoms with E-state index in [-0.39, 0.29) is 11.7 Å². The molecule has 0 radical (unpaired) electrons. The van der Waals surface area contributed by atoms with Gasteiger partial charge in [-0.3, -0.25) is 9.59 Å². The molecule has 0 bridgehead atoms. The average molecular weight is 401 g/mol. The highest BCUT2D eigenvalue weighted by atomic mass is 32.2. The Kier molecular flexibility index (Phi) is 6.18. The number of hydrogen-bond acceptors (Lipinski definition) is 6. The number of fused-ring (bicyclic) bond motifs is 1. The third-order valence-electron chi connectivity index (χ3n) is 4.38. The molecule has 0 spiro atoms. The number of ketones is 1. The molecule has 0 fully saturated rings. The van der Waals surface area contributed by atoms with E-state index in [0.29, 0.717) is 46.6 Å². The van der Waals surface area contributed by atoms with Crippen molar-refractivity contribution in [2.75, 3.05) is 12.1 Å². The van der Waals surface area contributed by atoms with E-state index in [9.17, 15) is 9.59 Å². The molecular weight excluding hydrogens is 376 g/mol. The second kappa shape index (κ2) is 8.60. The van der Waals surface area contributed by atoms with Crippen LogP contribution in [-0.4, -0.2) is 33.7 Å². The molecule has 1 aromatic carbocycles. The number of Topliss-reactive ketones (excluding diaryl/α,β-unsaturated/α-hetero) is 1. The number of rotatable bonds is 7. The number of carbonyl (C=O) groups is 2. The maximum Gasteiger partial charge on any atom is 0.246 e. The standard InChI is InChI=1S/C20H24N4O3S/c1-5-7-16(25)19-18(14-9-11-15(27-4)12-10-14)24(17(26)8-6-2)23-13(3)21-22-20(23)28-19/h9-12H,5-8H2,1-4H3. The molecule has 0 N–H and O–H groups in total. The first-order valence-corrected chi connectivity index (χ1v) is 10.2. The van der Waals surface area contributed by atoms with Crippen LogP contribution in [0.2, 0.25) is 0 Å². The van der Waals surface area contributed by atoms with E-state index in [1.807, 2.05) is 38.1 Å². The van der Waals surface area contributed by atoms with Gasteiger partial charge in [-0.05, 0) is 55.8 Å². The number of thioether (sulfide) groups is 1. The minimum absolute atomic E-state index is 0.000445. The lowest BCUT2D eigenvalue weighted by molar-refractivity contribution is -0.119. The van der Waals surface area contributed by atoms with Crippen LogP contribution in [0.15, 0.2) is 34.3 Å². The number of amides is 1. The van der Waals surface area contributed by atoms with Crippen LogP contribution in [-0.2, 0) is 9.59 Å². The van der Waals surface area contributed by atoms with Gasteiger partial charge in [0, 0.05) is 18.4 Å². The Morgan fingerprint density at radius 2 is 1.75 bits per heavy atom. The molecule has 2 heterocycles. The first-order valence-electron chi connectivity index (χ1n) is 9.36. The summed E-state index contributed by atoms with van der Waals surface area (Å²) in [6.45, 7) is 5.72. The van der Waals surface area contributed by atoms with Gasteiger partial charge in [0.25, 0.3) is 0 Å². The van der Waals surface area contributed by atoms with Gasteiger partial charge in [0.05, 0.1) is 17.7 Å². The highest BCUT2D eigenvalue weighted by Gasteiger charge is 2.35. The number of benzene rings is 1. The quantitative estimate of drug-likeness (QED) is 0.705. The summed E-state index contributed by atoms with van der Waals surface area (Å²) in [5, 5.41) is 10.4. The van der Waals surface area contributed by atoms with E-state index in [2.05, 4.69) is 10.2 Å². The van der Waals surface area contributed by atoms with Crippen LogP contribution in [0.1, 0.15) is 50.9 Å². The zero-order valence-electron chi connectivity index (χ0n) is 16.6. The van der Waals surface area contributed by atoms with Crippen LogP contribution in [0.5, 0.6) is 5.75 Å². The first-order chi connectivity index (χ1) is 13.5. The Morgan fingerprint density at radius 3 is 2.36 bits per heavy atom. The monoisotopic (exact) mass is 400 g/mol. The molecule has 3 rings (SSSR count). The van der Waals surface area contributed by atoms with Gasteiger partial charge in [-0.25, -0.2) is 9.69 Å². The number of methoxy groups -OCH3 is 1. The second-order valence-electron chi connectivity index (χ2n) is 6.48. The molecule has 0 saturated carbocycles. The van der Waals surface area contributed by atoms with Gasteiger partial charge in [0.2, 0.25) is 11.1 Å². The molecule has 0 aliphatic carbocycles. The largest absolute Gasteiger partial charge is 0.497 e. The molecule has 1 aliphatic rings. The van der Waals surface area contributed by atoms with Gasteiger partial charge >= 0.3 is 0 Å². The molecule has 8 heteroatoms. The topological polar surface area (TPSA) is 77.3 Å². The number of nitrogens with zero attached hydrogens (tertiary/aromatic N) is 4. The summed E-state index contributed by atoms with van der Waals surface area (Å²) in [4.78, 5) is 26.6. The van der Waals surface area contributed by atoms with E-state index in [4.69, 9.17) is 4.74 Å². The van der Waals surface area contributed by atoms with Crippen molar-refractivity contribution in [2.45, 2.75) is 51.6 Å². The average Bonchev–Trinajstić information content (AvgIpc) is 3.07. The lowest BCUT2D eigenvalue weighted by Gasteiger charge is -2.33. The molecule has 1 aliphatic heterocycles. The van der Waals surface area contributed by atoms with Crippen LogP contribution < -0.4 is 9.75 Å². The molecule has 0 unspecified atom stereocenters. The van der Waals surface area contributed by atoms with Crippen molar-refractivity contribution in [3.63, 3.8) is 0 Å². The van der Waals surface area contributed by atoms with Gasteiger partial charge in [-0.1, -0.05) is 13.8 Å². The maximum atomic E-state index is 13.1. The fraction of sp³-hybridized carbons (Fsp3) is 0.400. The Morgan fingerprint density at radius 1 is 1.07 bits per heavy atom. The second-order valence-corrected chi connectivity index (χ2v) is 7.46. The van der Waals surface area contributed by atoms with Gasteiger partial charge in [-0.2, -0.15) is 0 Å². The Bertz CT molecular complexity index is 918. The summed E-state index contributed by atoms with van der Waals surface area (Å²) in [5.41, 5.74) is 1.36. The summed E-state index contributed by atoms with van der Waals surface area (Å²) in [7, 11) is 1.60. The molecule has 28 heavy (non-hydrogen) atoms. The van der Waals surface area contributed by atoms with Crippen molar-refractivity contribution in [1.29, 1.82) is 0 Å². The molecule has 148 valence electrons. The molecular formula is C20H24N4O3S. The smallest absolute Gasteiger partial charge is 0.246 e. The highest BCUT2D eigenvalue weighted by molar-refractivity contribution is 8.04. The maximum absolute atomic E-state index is 13.1.